The molecule has 2 aromatic rings. The van der Waals surface area contributed by atoms with Crippen molar-refractivity contribution in [3.63, 3.8) is 0 Å². The molecule has 0 bridgehead atoms. The summed E-state index contributed by atoms with van der Waals surface area (Å²) in [4.78, 5) is 1.99. The Bertz CT molecular complexity index is 861. The summed E-state index contributed by atoms with van der Waals surface area (Å²) in [6.07, 6.45) is 0. The SMILES string of the molecule is Cn1c(N2CCOCC2)nnc1S(=O)(=O)Cc1ccc(C(C)(C)C)cc1. The molecule has 1 aromatic heterocycles. The summed E-state index contributed by atoms with van der Waals surface area (Å²) in [6.45, 7) is 8.97. The van der Waals surface area contributed by atoms with E-state index in [1.165, 1.54) is 5.56 Å². The third-order valence-corrected chi connectivity index (χ3v) is 6.19. The number of anilines is 1. The van der Waals surface area contributed by atoms with Crippen LogP contribution in [0.5, 0.6) is 0 Å². The Kier molecular flexibility index (Phi) is 5.07. The second-order valence-corrected chi connectivity index (χ2v) is 9.53. The number of benzene rings is 1. The first kappa shape index (κ1) is 18.8. The van der Waals surface area contributed by atoms with E-state index >= 15 is 0 Å². The van der Waals surface area contributed by atoms with Crippen molar-refractivity contribution in [1.29, 1.82) is 0 Å². The highest BCUT2D eigenvalue weighted by molar-refractivity contribution is 7.90. The van der Waals surface area contributed by atoms with E-state index in [4.69, 9.17) is 4.74 Å². The predicted octanol–water partition coefficient (Wildman–Crippen LogP) is 1.92. The molecule has 0 saturated carbocycles. The van der Waals surface area contributed by atoms with Crippen molar-refractivity contribution in [3.8, 4) is 0 Å². The van der Waals surface area contributed by atoms with Gasteiger partial charge in [0.15, 0.2) is 0 Å². The number of aromatic nitrogens is 3. The van der Waals surface area contributed by atoms with Crippen LogP contribution < -0.4 is 4.90 Å². The van der Waals surface area contributed by atoms with Gasteiger partial charge in [-0.2, -0.15) is 0 Å². The Balaban J connectivity index is 1.81. The molecule has 1 fully saturated rings. The van der Waals surface area contributed by atoms with Gasteiger partial charge in [-0.05, 0) is 16.5 Å². The first-order chi connectivity index (χ1) is 12.2. The Hall–Kier alpha value is -1.93. The topological polar surface area (TPSA) is 77.3 Å². The molecule has 0 spiro atoms. The molecule has 1 aliphatic rings. The lowest BCUT2D eigenvalue weighted by Gasteiger charge is -2.27. The summed E-state index contributed by atoms with van der Waals surface area (Å²) in [5.74, 6) is 0.474. The van der Waals surface area contributed by atoms with Crippen LogP contribution >= 0.6 is 0 Å². The lowest BCUT2D eigenvalue weighted by Crippen LogP contribution is -2.37. The molecule has 1 aromatic carbocycles. The molecule has 0 radical (unpaired) electrons. The van der Waals surface area contributed by atoms with E-state index in [1.807, 2.05) is 29.2 Å². The molecular formula is C18H26N4O3S. The summed E-state index contributed by atoms with van der Waals surface area (Å²) in [7, 11) is -1.88. The Morgan fingerprint density at radius 1 is 1.08 bits per heavy atom. The van der Waals surface area contributed by atoms with Gasteiger partial charge in [0.05, 0.1) is 19.0 Å². The molecule has 142 valence electrons. The van der Waals surface area contributed by atoms with Crippen LogP contribution in [0.2, 0.25) is 0 Å². The van der Waals surface area contributed by atoms with Crippen molar-refractivity contribution in [2.45, 2.75) is 37.1 Å². The highest BCUT2D eigenvalue weighted by atomic mass is 32.2. The molecular weight excluding hydrogens is 352 g/mol. The summed E-state index contributed by atoms with van der Waals surface area (Å²) in [5, 5.41) is 8.05. The molecule has 0 aliphatic carbocycles. The minimum atomic E-state index is -3.58. The van der Waals surface area contributed by atoms with Gasteiger partial charge in [0.25, 0.3) is 5.16 Å². The molecule has 0 atom stereocenters. The largest absolute Gasteiger partial charge is 0.378 e. The Morgan fingerprint density at radius 2 is 1.69 bits per heavy atom. The zero-order chi connectivity index (χ0) is 18.9. The highest BCUT2D eigenvalue weighted by Crippen LogP contribution is 2.24. The highest BCUT2D eigenvalue weighted by Gasteiger charge is 2.26. The van der Waals surface area contributed by atoms with Gasteiger partial charge in [-0.25, -0.2) is 8.42 Å². The van der Waals surface area contributed by atoms with Crippen molar-refractivity contribution in [2.24, 2.45) is 7.05 Å². The fraction of sp³-hybridized carbons (Fsp3) is 0.556. The number of morpholine rings is 1. The van der Waals surface area contributed by atoms with Crippen LogP contribution in [0, 0.1) is 0 Å². The third kappa shape index (κ3) is 3.91. The van der Waals surface area contributed by atoms with Crippen molar-refractivity contribution < 1.29 is 13.2 Å². The van der Waals surface area contributed by atoms with Gasteiger partial charge in [0.2, 0.25) is 15.8 Å². The van der Waals surface area contributed by atoms with E-state index < -0.39 is 9.84 Å². The molecule has 0 amide bonds. The van der Waals surface area contributed by atoms with Crippen LogP contribution in [0.15, 0.2) is 29.4 Å². The van der Waals surface area contributed by atoms with Crippen LogP contribution in [-0.2, 0) is 32.8 Å². The van der Waals surface area contributed by atoms with Crippen LogP contribution in [0.4, 0.5) is 5.95 Å². The molecule has 0 N–H and O–H groups in total. The molecule has 0 unspecified atom stereocenters. The first-order valence-electron chi connectivity index (χ1n) is 8.73. The van der Waals surface area contributed by atoms with Gasteiger partial charge in [0, 0.05) is 20.1 Å². The zero-order valence-corrected chi connectivity index (χ0v) is 16.6. The van der Waals surface area contributed by atoms with Gasteiger partial charge in [-0.1, -0.05) is 45.0 Å². The minimum absolute atomic E-state index is 0.00103. The van der Waals surface area contributed by atoms with E-state index in [1.54, 1.807) is 11.6 Å². The summed E-state index contributed by atoms with van der Waals surface area (Å²) >= 11 is 0. The molecule has 2 heterocycles. The van der Waals surface area contributed by atoms with E-state index in [0.29, 0.717) is 32.3 Å². The van der Waals surface area contributed by atoms with Gasteiger partial charge in [-0.3, -0.25) is 4.57 Å². The van der Waals surface area contributed by atoms with E-state index in [-0.39, 0.29) is 16.3 Å². The standard InChI is InChI=1S/C18H26N4O3S/c1-18(2,3)15-7-5-14(6-8-15)13-26(23,24)17-20-19-16(21(17)4)22-9-11-25-12-10-22/h5-8H,9-13H2,1-4H3. The zero-order valence-electron chi connectivity index (χ0n) is 15.8. The lowest BCUT2D eigenvalue weighted by molar-refractivity contribution is 0.121. The minimum Gasteiger partial charge on any atom is -0.378 e. The smallest absolute Gasteiger partial charge is 0.251 e. The number of hydrogen-bond acceptors (Lipinski definition) is 6. The molecule has 1 saturated heterocycles. The number of sulfone groups is 1. The predicted molar refractivity (Wildman–Crippen MR) is 100 cm³/mol. The van der Waals surface area contributed by atoms with Crippen LogP contribution in [-0.4, -0.2) is 49.5 Å². The first-order valence-corrected chi connectivity index (χ1v) is 10.4. The van der Waals surface area contributed by atoms with Crippen LogP contribution in [0.1, 0.15) is 31.9 Å². The molecule has 1 aliphatic heterocycles. The summed E-state index contributed by atoms with van der Waals surface area (Å²) < 4.78 is 32.6. The molecule has 3 rings (SSSR count). The second-order valence-electron chi connectivity index (χ2n) is 7.65. The number of hydrogen-bond donors (Lipinski definition) is 0. The maximum Gasteiger partial charge on any atom is 0.251 e. The average Bonchev–Trinajstić information content (AvgIpc) is 2.97. The molecule has 26 heavy (non-hydrogen) atoms. The monoisotopic (exact) mass is 378 g/mol. The maximum absolute atomic E-state index is 12.8. The number of nitrogens with zero attached hydrogens (tertiary/aromatic N) is 4. The number of ether oxygens (including phenoxy) is 1. The fourth-order valence-electron chi connectivity index (χ4n) is 3.00. The fourth-order valence-corrected chi connectivity index (χ4v) is 4.43. The van der Waals surface area contributed by atoms with E-state index in [0.717, 1.165) is 5.56 Å². The second kappa shape index (κ2) is 7.00. The third-order valence-electron chi connectivity index (χ3n) is 4.56. The van der Waals surface area contributed by atoms with Gasteiger partial charge in [0.1, 0.15) is 0 Å². The van der Waals surface area contributed by atoms with Crippen LogP contribution in [0.25, 0.3) is 0 Å². The maximum atomic E-state index is 12.8. The van der Waals surface area contributed by atoms with Crippen LogP contribution in [0.3, 0.4) is 0 Å². The van der Waals surface area contributed by atoms with Gasteiger partial charge >= 0.3 is 0 Å². The number of rotatable bonds is 4. The van der Waals surface area contributed by atoms with E-state index in [2.05, 4.69) is 31.0 Å². The summed E-state index contributed by atoms with van der Waals surface area (Å²) in [5.41, 5.74) is 1.95. The van der Waals surface area contributed by atoms with Gasteiger partial charge in [-0.15, -0.1) is 10.2 Å². The summed E-state index contributed by atoms with van der Waals surface area (Å²) in [6, 6.07) is 7.72. The van der Waals surface area contributed by atoms with Crippen molar-refractivity contribution >= 4 is 15.8 Å². The normalized spacial score (nSPS) is 16.1. The Labute approximate surface area is 154 Å². The molecule has 7 nitrogen and oxygen atoms in total. The van der Waals surface area contributed by atoms with Crippen molar-refractivity contribution in [3.05, 3.63) is 35.4 Å². The Morgan fingerprint density at radius 3 is 2.27 bits per heavy atom. The quantitative estimate of drug-likeness (QED) is 0.809. The molecule has 8 heteroatoms. The lowest BCUT2D eigenvalue weighted by atomic mass is 9.87. The van der Waals surface area contributed by atoms with Crippen molar-refractivity contribution in [2.75, 3.05) is 31.2 Å². The average molecular weight is 378 g/mol. The van der Waals surface area contributed by atoms with E-state index in [9.17, 15) is 8.42 Å². The van der Waals surface area contributed by atoms with Crippen molar-refractivity contribution in [1.82, 2.24) is 14.8 Å². The van der Waals surface area contributed by atoms with Gasteiger partial charge < -0.3 is 9.64 Å².